The van der Waals surface area contributed by atoms with Gasteiger partial charge in [0.05, 0.1) is 0 Å². The van der Waals surface area contributed by atoms with Crippen molar-refractivity contribution < 1.29 is 0 Å². The van der Waals surface area contributed by atoms with Crippen LogP contribution in [0.2, 0.25) is 0 Å². The van der Waals surface area contributed by atoms with Crippen molar-refractivity contribution in [3.05, 3.63) is 59.7 Å². The van der Waals surface area contributed by atoms with Gasteiger partial charge in [-0.3, -0.25) is 0 Å². The molecule has 0 amide bonds. The fourth-order valence-corrected chi connectivity index (χ4v) is 5.24. The number of rotatable bonds is 3. The molecule has 1 saturated heterocycles. The lowest BCUT2D eigenvalue weighted by Crippen LogP contribution is -2.32. The van der Waals surface area contributed by atoms with Gasteiger partial charge >= 0.3 is 0 Å². The highest BCUT2D eigenvalue weighted by Gasteiger charge is 2.21. The van der Waals surface area contributed by atoms with E-state index in [1.807, 2.05) is 0 Å². The first kappa shape index (κ1) is 16.3. The predicted octanol–water partition coefficient (Wildman–Crippen LogP) is 5.97. The first-order valence-corrected chi connectivity index (χ1v) is 10.5. The highest BCUT2D eigenvalue weighted by atomic mass is 15.1. The van der Waals surface area contributed by atoms with E-state index in [9.17, 15) is 0 Å². The Balaban J connectivity index is 1.38. The molecule has 26 heavy (non-hydrogen) atoms. The van der Waals surface area contributed by atoms with Gasteiger partial charge in [-0.1, -0.05) is 55.0 Å². The Morgan fingerprint density at radius 3 is 2.58 bits per heavy atom. The Morgan fingerprint density at radius 1 is 0.808 bits per heavy atom. The lowest BCUT2D eigenvalue weighted by Gasteiger charge is -2.30. The summed E-state index contributed by atoms with van der Waals surface area (Å²) in [5.74, 6) is 0.877. The molecule has 1 fully saturated rings. The standard InChI is InChI=1S/C25H29N/c1-4-15-26(16-5-1)17-14-19-8-11-23-21(18-19)10-13-24-22-7-3-2-6-20(22)9-12-25(23)24/h2-3,6-7,9-10,12-13,19H,1,4-5,8,11,14-18H2. The molecule has 2 aliphatic rings. The van der Waals surface area contributed by atoms with Gasteiger partial charge in [0, 0.05) is 0 Å². The zero-order valence-corrected chi connectivity index (χ0v) is 15.7. The first-order valence-electron chi connectivity index (χ1n) is 10.5. The van der Waals surface area contributed by atoms with Crippen molar-refractivity contribution in [3.63, 3.8) is 0 Å². The van der Waals surface area contributed by atoms with Gasteiger partial charge in [0.1, 0.15) is 0 Å². The van der Waals surface area contributed by atoms with E-state index in [0.29, 0.717) is 0 Å². The second kappa shape index (κ2) is 7.04. The molecular formula is C25H29N. The maximum atomic E-state index is 2.70. The van der Waals surface area contributed by atoms with Crippen LogP contribution < -0.4 is 0 Å². The molecule has 1 unspecified atom stereocenters. The summed E-state index contributed by atoms with van der Waals surface area (Å²) < 4.78 is 0. The number of hydrogen-bond acceptors (Lipinski definition) is 1. The van der Waals surface area contributed by atoms with E-state index in [1.54, 1.807) is 11.1 Å². The number of nitrogens with zero attached hydrogens (tertiary/aromatic N) is 1. The van der Waals surface area contributed by atoms with Gasteiger partial charge in [-0.2, -0.15) is 0 Å². The molecule has 1 heteroatoms. The number of benzene rings is 3. The fraction of sp³-hybridized carbons (Fsp3) is 0.440. The molecule has 1 aliphatic heterocycles. The Kier molecular flexibility index (Phi) is 4.42. The van der Waals surface area contributed by atoms with Crippen molar-refractivity contribution in [2.24, 2.45) is 5.92 Å². The van der Waals surface area contributed by atoms with Crippen molar-refractivity contribution >= 4 is 21.5 Å². The van der Waals surface area contributed by atoms with Gasteiger partial charge in [0.2, 0.25) is 0 Å². The molecule has 5 rings (SSSR count). The molecule has 134 valence electrons. The molecule has 0 N–H and O–H groups in total. The third-order valence-corrected chi connectivity index (χ3v) is 6.75. The van der Waals surface area contributed by atoms with Crippen LogP contribution in [-0.4, -0.2) is 24.5 Å². The first-order chi connectivity index (χ1) is 12.9. The lowest BCUT2D eigenvalue weighted by molar-refractivity contribution is 0.209. The molecule has 1 nitrogen and oxygen atoms in total. The van der Waals surface area contributed by atoms with Crippen molar-refractivity contribution in [1.82, 2.24) is 4.90 Å². The van der Waals surface area contributed by atoms with E-state index in [0.717, 1.165) is 5.92 Å². The van der Waals surface area contributed by atoms with Crippen LogP contribution in [0, 0.1) is 5.92 Å². The number of hydrogen-bond donors (Lipinski definition) is 0. The van der Waals surface area contributed by atoms with Crippen LogP contribution in [0.25, 0.3) is 21.5 Å². The predicted molar refractivity (Wildman–Crippen MR) is 112 cm³/mol. The van der Waals surface area contributed by atoms with Crippen LogP contribution in [0.1, 0.15) is 43.2 Å². The van der Waals surface area contributed by atoms with Crippen molar-refractivity contribution in [3.8, 4) is 0 Å². The minimum atomic E-state index is 0.877. The molecular weight excluding hydrogens is 314 g/mol. The summed E-state index contributed by atoms with van der Waals surface area (Å²) in [6.45, 7) is 3.99. The van der Waals surface area contributed by atoms with Gasteiger partial charge in [-0.15, -0.1) is 0 Å². The molecule has 1 aliphatic carbocycles. The van der Waals surface area contributed by atoms with E-state index < -0.39 is 0 Å². The summed E-state index contributed by atoms with van der Waals surface area (Å²) in [4.78, 5) is 2.70. The fourth-order valence-electron chi connectivity index (χ4n) is 5.24. The molecule has 0 spiro atoms. The monoisotopic (exact) mass is 343 g/mol. The largest absolute Gasteiger partial charge is 0.303 e. The highest BCUT2D eigenvalue weighted by molar-refractivity contribution is 6.08. The molecule has 1 atom stereocenters. The molecule has 3 aromatic rings. The van der Waals surface area contributed by atoms with E-state index in [2.05, 4.69) is 53.4 Å². The number of aryl methyl sites for hydroxylation is 1. The van der Waals surface area contributed by atoms with Gasteiger partial charge < -0.3 is 4.90 Å². The quantitative estimate of drug-likeness (QED) is 0.529. The van der Waals surface area contributed by atoms with E-state index in [4.69, 9.17) is 0 Å². The zero-order valence-electron chi connectivity index (χ0n) is 15.7. The molecule has 0 radical (unpaired) electrons. The normalized spacial score (nSPS) is 21.2. The SMILES string of the molecule is c1ccc2c(c1)ccc1c3c(ccc12)CC(CCN1CCCCC1)CC3. The van der Waals surface area contributed by atoms with Gasteiger partial charge in [-0.05, 0) is 96.7 Å². The van der Waals surface area contributed by atoms with Crippen LogP contribution >= 0.6 is 0 Å². The minimum absolute atomic E-state index is 0.877. The Hall–Kier alpha value is -1.86. The Bertz CT molecular complexity index is 920. The topological polar surface area (TPSA) is 3.24 Å². The maximum Gasteiger partial charge on any atom is -0.00160 e. The van der Waals surface area contributed by atoms with Crippen LogP contribution in [0.5, 0.6) is 0 Å². The van der Waals surface area contributed by atoms with Crippen molar-refractivity contribution in [2.75, 3.05) is 19.6 Å². The van der Waals surface area contributed by atoms with Crippen LogP contribution in [0.4, 0.5) is 0 Å². The summed E-state index contributed by atoms with van der Waals surface area (Å²) in [5, 5.41) is 5.69. The van der Waals surface area contributed by atoms with Gasteiger partial charge in [0.25, 0.3) is 0 Å². The van der Waals surface area contributed by atoms with E-state index in [1.165, 1.54) is 86.1 Å². The summed E-state index contributed by atoms with van der Waals surface area (Å²) in [5.41, 5.74) is 3.24. The van der Waals surface area contributed by atoms with E-state index >= 15 is 0 Å². The number of piperidine rings is 1. The average Bonchev–Trinajstić information content (AvgIpc) is 2.72. The third kappa shape index (κ3) is 3.03. The lowest BCUT2D eigenvalue weighted by atomic mass is 9.79. The summed E-state index contributed by atoms with van der Waals surface area (Å²) >= 11 is 0. The Morgan fingerprint density at radius 2 is 1.65 bits per heavy atom. The Labute approximate surface area is 157 Å². The maximum absolute atomic E-state index is 2.70. The second-order valence-corrected chi connectivity index (χ2v) is 8.38. The minimum Gasteiger partial charge on any atom is -0.303 e. The average molecular weight is 344 g/mol. The third-order valence-electron chi connectivity index (χ3n) is 6.75. The van der Waals surface area contributed by atoms with E-state index in [-0.39, 0.29) is 0 Å². The van der Waals surface area contributed by atoms with Crippen molar-refractivity contribution in [2.45, 2.75) is 44.9 Å². The molecule has 0 saturated carbocycles. The number of likely N-dealkylation sites (tertiary alicyclic amines) is 1. The molecule has 0 aromatic heterocycles. The highest BCUT2D eigenvalue weighted by Crippen LogP contribution is 2.35. The molecule has 3 aromatic carbocycles. The zero-order chi connectivity index (χ0) is 17.3. The van der Waals surface area contributed by atoms with Crippen molar-refractivity contribution in [1.29, 1.82) is 0 Å². The summed E-state index contributed by atoms with van der Waals surface area (Å²) in [6, 6.07) is 18.3. The summed E-state index contributed by atoms with van der Waals surface area (Å²) in [7, 11) is 0. The van der Waals surface area contributed by atoms with Gasteiger partial charge in [0.15, 0.2) is 0 Å². The summed E-state index contributed by atoms with van der Waals surface area (Å²) in [6.07, 6.45) is 9.56. The van der Waals surface area contributed by atoms with Crippen LogP contribution in [0.15, 0.2) is 48.5 Å². The van der Waals surface area contributed by atoms with Crippen LogP contribution in [0.3, 0.4) is 0 Å². The number of fused-ring (bicyclic) bond motifs is 5. The second-order valence-electron chi connectivity index (χ2n) is 8.38. The smallest absolute Gasteiger partial charge is 0.00160 e. The molecule has 1 heterocycles. The molecule has 0 bridgehead atoms. The van der Waals surface area contributed by atoms with Gasteiger partial charge in [-0.25, -0.2) is 0 Å². The van der Waals surface area contributed by atoms with Crippen LogP contribution in [-0.2, 0) is 12.8 Å².